The van der Waals surface area contributed by atoms with Crippen molar-refractivity contribution in [2.24, 2.45) is 0 Å². The first-order valence-corrected chi connectivity index (χ1v) is 12.2. The van der Waals surface area contributed by atoms with E-state index in [4.69, 9.17) is 0 Å². The summed E-state index contributed by atoms with van der Waals surface area (Å²) in [5.41, 5.74) is 2.63. The Morgan fingerprint density at radius 3 is 2.23 bits per heavy atom. The Hall–Kier alpha value is -4.03. The molecule has 0 saturated carbocycles. The summed E-state index contributed by atoms with van der Waals surface area (Å²) in [4.78, 5) is 42.0. The van der Waals surface area contributed by atoms with Crippen LogP contribution >= 0.6 is 11.3 Å². The average Bonchev–Trinajstić information content (AvgIpc) is 3.40. The van der Waals surface area contributed by atoms with E-state index in [1.807, 2.05) is 78.2 Å². The lowest BCUT2D eigenvalue weighted by atomic mass is 10.0. The van der Waals surface area contributed by atoms with Gasteiger partial charge in [-0.3, -0.25) is 19.3 Å². The van der Waals surface area contributed by atoms with Gasteiger partial charge in [0, 0.05) is 22.7 Å². The summed E-state index contributed by atoms with van der Waals surface area (Å²) in [6.07, 6.45) is 0.150. The highest BCUT2D eigenvalue weighted by Gasteiger charge is 2.33. The molecule has 0 spiro atoms. The molecule has 0 bridgehead atoms. The lowest BCUT2D eigenvalue weighted by molar-refractivity contribution is -0.126. The maximum absolute atomic E-state index is 13.8. The number of hydrogen-bond acceptors (Lipinski definition) is 4. The van der Waals surface area contributed by atoms with Gasteiger partial charge >= 0.3 is 0 Å². The van der Waals surface area contributed by atoms with E-state index >= 15 is 0 Å². The molecule has 0 fully saturated rings. The normalized spacial score (nSPS) is 11.5. The summed E-state index contributed by atoms with van der Waals surface area (Å²) in [6.45, 7) is 1.82. The van der Waals surface area contributed by atoms with Gasteiger partial charge in [0.25, 0.3) is 0 Å². The molecule has 35 heavy (non-hydrogen) atoms. The van der Waals surface area contributed by atoms with Crippen molar-refractivity contribution in [3.8, 4) is 0 Å². The predicted octanol–water partition coefficient (Wildman–Crippen LogP) is 5.58. The molecule has 4 rings (SSSR count). The van der Waals surface area contributed by atoms with Crippen LogP contribution in [0.2, 0.25) is 0 Å². The summed E-state index contributed by atoms with van der Waals surface area (Å²) in [5, 5.41) is 4.92. The van der Waals surface area contributed by atoms with E-state index in [2.05, 4.69) is 5.32 Å². The number of nitrogens with one attached hydrogen (secondary N) is 1. The monoisotopic (exact) mass is 482 g/mol. The summed E-state index contributed by atoms with van der Waals surface area (Å²) in [7, 11) is 0. The molecule has 0 aliphatic rings. The summed E-state index contributed by atoms with van der Waals surface area (Å²) >= 11 is 1.49. The van der Waals surface area contributed by atoms with Crippen molar-refractivity contribution in [3.63, 3.8) is 0 Å². The first-order valence-electron chi connectivity index (χ1n) is 11.3. The van der Waals surface area contributed by atoms with Crippen LogP contribution in [0, 0.1) is 0 Å². The molecule has 4 aromatic rings. The van der Waals surface area contributed by atoms with Crippen LogP contribution < -0.4 is 10.2 Å². The number of hydrogen-bond donors (Lipinski definition) is 1. The van der Waals surface area contributed by atoms with Gasteiger partial charge in [-0.15, -0.1) is 11.3 Å². The number of rotatable bonds is 9. The molecule has 1 atom stereocenters. The molecule has 176 valence electrons. The fourth-order valence-corrected chi connectivity index (χ4v) is 4.59. The third-order valence-electron chi connectivity index (χ3n) is 5.64. The Kier molecular flexibility index (Phi) is 7.85. The number of carbonyl (C=O) groups excluding carboxylic acids is 3. The SMILES string of the molecule is CC(=O)c1cccc(N(C(=O)Cc2cccs2)[C@H](C(=O)NCc2ccccc2)c2ccccc2)c1. The minimum absolute atomic E-state index is 0.109. The molecule has 0 aliphatic carbocycles. The number of benzene rings is 3. The number of anilines is 1. The van der Waals surface area contributed by atoms with Gasteiger partial charge in [0.05, 0.1) is 6.42 Å². The average molecular weight is 483 g/mol. The van der Waals surface area contributed by atoms with E-state index in [1.54, 1.807) is 24.3 Å². The van der Waals surface area contributed by atoms with Gasteiger partial charge in [-0.25, -0.2) is 0 Å². The predicted molar refractivity (Wildman–Crippen MR) is 139 cm³/mol. The van der Waals surface area contributed by atoms with Crippen LogP contribution in [0.1, 0.15) is 39.3 Å². The van der Waals surface area contributed by atoms with Crippen molar-refractivity contribution >= 4 is 34.6 Å². The van der Waals surface area contributed by atoms with E-state index < -0.39 is 6.04 Å². The van der Waals surface area contributed by atoms with E-state index in [0.717, 1.165) is 10.4 Å². The van der Waals surface area contributed by atoms with Crippen LogP contribution in [0.4, 0.5) is 5.69 Å². The second-order valence-corrected chi connectivity index (χ2v) is 9.18. The Bertz CT molecular complexity index is 1290. The van der Waals surface area contributed by atoms with Crippen LogP contribution in [0.5, 0.6) is 0 Å². The zero-order chi connectivity index (χ0) is 24.6. The molecule has 1 heterocycles. The van der Waals surface area contributed by atoms with E-state index in [1.165, 1.54) is 23.2 Å². The highest BCUT2D eigenvalue weighted by molar-refractivity contribution is 7.10. The molecule has 6 heteroatoms. The van der Waals surface area contributed by atoms with Gasteiger partial charge in [0.1, 0.15) is 6.04 Å². The smallest absolute Gasteiger partial charge is 0.248 e. The van der Waals surface area contributed by atoms with Crippen molar-refractivity contribution in [1.29, 1.82) is 0 Å². The third kappa shape index (κ3) is 6.11. The quantitative estimate of drug-likeness (QED) is 0.317. The van der Waals surface area contributed by atoms with Crippen molar-refractivity contribution in [2.75, 3.05) is 4.90 Å². The van der Waals surface area contributed by atoms with Gasteiger partial charge in [-0.2, -0.15) is 0 Å². The lowest BCUT2D eigenvalue weighted by Crippen LogP contribution is -2.44. The maximum Gasteiger partial charge on any atom is 0.248 e. The standard InChI is InChI=1S/C29H26N2O3S/c1-21(32)24-14-8-15-25(18-24)31(27(33)19-26-16-9-17-35-26)28(23-12-6-3-7-13-23)29(34)30-20-22-10-4-2-5-11-22/h2-18,28H,19-20H2,1H3,(H,30,34)/t28-/m0/s1. The number of nitrogens with zero attached hydrogens (tertiary/aromatic N) is 1. The number of Topliss-reactive ketones (excluding diaryl/α,β-unsaturated/α-hetero) is 1. The Balaban J connectivity index is 1.75. The second kappa shape index (κ2) is 11.4. The molecule has 2 amide bonds. The molecule has 3 aromatic carbocycles. The lowest BCUT2D eigenvalue weighted by Gasteiger charge is -2.32. The van der Waals surface area contributed by atoms with Crippen LogP contribution in [-0.2, 0) is 22.6 Å². The molecule has 1 aromatic heterocycles. The van der Waals surface area contributed by atoms with Crippen molar-refractivity contribution in [2.45, 2.75) is 25.9 Å². The Morgan fingerprint density at radius 2 is 1.57 bits per heavy atom. The van der Waals surface area contributed by atoms with E-state index in [-0.39, 0.29) is 24.0 Å². The third-order valence-corrected chi connectivity index (χ3v) is 6.51. The first kappa shape index (κ1) is 24.1. The summed E-state index contributed by atoms with van der Waals surface area (Å²) < 4.78 is 0. The molecular formula is C29H26N2O3S. The molecule has 1 N–H and O–H groups in total. The summed E-state index contributed by atoms with van der Waals surface area (Å²) in [5.74, 6) is -0.632. The van der Waals surface area contributed by atoms with E-state index in [9.17, 15) is 14.4 Å². The van der Waals surface area contributed by atoms with Crippen molar-refractivity contribution in [3.05, 3.63) is 124 Å². The highest BCUT2D eigenvalue weighted by atomic mass is 32.1. The molecule has 0 aliphatic heterocycles. The van der Waals surface area contributed by atoms with Gasteiger partial charge in [0.2, 0.25) is 11.8 Å². The van der Waals surface area contributed by atoms with Gasteiger partial charge in [-0.05, 0) is 41.6 Å². The highest BCUT2D eigenvalue weighted by Crippen LogP contribution is 2.30. The zero-order valence-corrected chi connectivity index (χ0v) is 20.2. The minimum Gasteiger partial charge on any atom is -0.350 e. The molecule has 0 saturated heterocycles. The van der Waals surface area contributed by atoms with Gasteiger partial charge in [-0.1, -0.05) is 78.9 Å². The molecular weight excluding hydrogens is 456 g/mol. The van der Waals surface area contributed by atoms with Crippen LogP contribution in [0.15, 0.2) is 102 Å². The summed E-state index contributed by atoms with van der Waals surface area (Å²) in [6, 6.07) is 28.7. The first-order chi connectivity index (χ1) is 17.0. The van der Waals surface area contributed by atoms with E-state index in [0.29, 0.717) is 23.4 Å². The number of amides is 2. The van der Waals surface area contributed by atoms with Crippen molar-refractivity contribution < 1.29 is 14.4 Å². The molecule has 5 nitrogen and oxygen atoms in total. The van der Waals surface area contributed by atoms with Gasteiger partial charge < -0.3 is 5.32 Å². The fourth-order valence-electron chi connectivity index (χ4n) is 3.89. The Morgan fingerprint density at radius 1 is 0.857 bits per heavy atom. The fraction of sp³-hybridized carbons (Fsp3) is 0.138. The Labute approximate surface area is 209 Å². The second-order valence-electron chi connectivity index (χ2n) is 8.14. The van der Waals surface area contributed by atoms with Gasteiger partial charge in [0.15, 0.2) is 5.78 Å². The minimum atomic E-state index is -0.908. The van der Waals surface area contributed by atoms with Crippen molar-refractivity contribution in [1.82, 2.24) is 5.32 Å². The van der Waals surface area contributed by atoms with Crippen LogP contribution in [-0.4, -0.2) is 17.6 Å². The maximum atomic E-state index is 13.8. The number of ketones is 1. The molecule has 0 unspecified atom stereocenters. The number of carbonyl (C=O) groups is 3. The van der Waals surface area contributed by atoms with Crippen LogP contribution in [0.25, 0.3) is 0 Å². The number of thiophene rings is 1. The largest absolute Gasteiger partial charge is 0.350 e. The topological polar surface area (TPSA) is 66.5 Å². The zero-order valence-electron chi connectivity index (χ0n) is 19.4. The van der Waals surface area contributed by atoms with Crippen LogP contribution in [0.3, 0.4) is 0 Å². The molecule has 0 radical (unpaired) electrons.